The molecule has 1 amide bonds. The summed E-state index contributed by atoms with van der Waals surface area (Å²) in [7, 11) is 0. The van der Waals surface area contributed by atoms with E-state index in [1.54, 1.807) is 0 Å². The number of carbonyl (C=O) groups excluding carboxylic acids is 1. The Morgan fingerprint density at radius 3 is 2.68 bits per heavy atom. The van der Waals surface area contributed by atoms with Gasteiger partial charge in [0.05, 0.1) is 5.69 Å². The Morgan fingerprint density at radius 1 is 1.16 bits per heavy atom. The largest absolute Gasteiger partial charge is 0.296 e. The van der Waals surface area contributed by atoms with E-state index >= 15 is 0 Å². The highest BCUT2D eigenvalue weighted by Gasteiger charge is 2.28. The van der Waals surface area contributed by atoms with E-state index in [0.29, 0.717) is 15.9 Å². The second kappa shape index (κ2) is 6.31. The van der Waals surface area contributed by atoms with E-state index in [-0.39, 0.29) is 5.91 Å². The summed E-state index contributed by atoms with van der Waals surface area (Å²) >= 11 is 2.89. The van der Waals surface area contributed by atoms with Crippen molar-refractivity contribution < 1.29 is 4.79 Å². The van der Waals surface area contributed by atoms with Crippen LogP contribution in [0.2, 0.25) is 0 Å². The van der Waals surface area contributed by atoms with Gasteiger partial charge in [-0.05, 0) is 39.2 Å². The van der Waals surface area contributed by atoms with Crippen molar-refractivity contribution in [3.63, 3.8) is 0 Å². The van der Waals surface area contributed by atoms with Crippen LogP contribution in [0.15, 0.2) is 18.2 Å². The van der Waals surface area contributed by atoms with Crippen LogP contribution in [-0.2, 0) is 0 Å². The molecule has 0 saturated heterocycles. The number of hydrogen-bond acceptors (Lipinski definition) is 6. The number of carbonyl (C=O) groups is 1. The van der Waals surface area contributed by atoms with Crippen LogP contribution in [-0.4, -0.2) is 21.1 Å². The predicted octanol–water partition coefficient (Wildman–Crippen LogP) is 4.72. The fourth-order valence-electron chi connectivity index (χ4n) is 2.71. The molecule has 1 N–H and O–H groups in total. The summed E-state index contributed by atoms with van der Waals surface area (Å²) in [6, 6.07) is 6.27. The standard InChI is InChI=1S/C18H18N4OS2/c1-9-4-7-13(10(2)8-9)17-19-11(3)14(24-17)15(23)20-18-22-21-16(25-18)12-5-6-12/h4,7-8,12H,5-6H2,1-3H3,(H,20,22,23). The molecule has 1 saturated carbocycles. The van der Waals surface area contributed by atoms with Gasteiger partial charge in [0, 0.05) is 11.5 Å². The average Bonchev–Trinajstić information content (AvgIpc) is 3.19. The normalized spacial score (nSPS) is 13.9. The molecule has 25 heavy (non-hydrogen) atoms. The molecule has 7 heteroatoms. The molecule has 0 radical (unpaired) electrons. The molecule has 1 aliphatic rings. The Labute approximate surface area is 154 Å². The molecule has 5 nitrogen and oxygen atoms in total. The van der Waals surface area contributed by atoms with Gasteiger partial charge in [0.25, 0.3) is 5.91 Å². The fraction of sp³-hybridized carbons (Fsp3) is 0.333. The highest BCUT2D eigenvalue weighted by atomic mass is 32.1. The van der Waals surface area contributed by atoms with Crippen LogP contribution in [0.1, 0.15) is 50.3 Å². The number of nitrogens with zero attached hydrogens (tertiary/aromatic N) is 3. The van der Waals surface area contributed by atoms with Crippen LogP contribution in [0, 0.1) is 20.8 Å². The van der Waals surface area contributed by atoms with Crippen molar-refractivity contribution in [3.8, 4) is 10.6 Å². The van der Waals surface area contributed by atoms with Gasteiger partial charge in [-0.2, -0.15) is 0 Å². The number of benzene rings is 1. The van der Waals surface area contributed by atoms with E-state index in [1.165, 1.54) is 46.6 Å². The lowest BCUT2D eigenvalue weighted by Gasteiger charge is -2.02. The van der Waals surface area contributed by atoms with Gasteiger partial charge in [-0.3, -0.25) is 10.1 Å². The number of thiazole rings is 1. The molecule has 0 aliphatic heterocycles. The van der Waals surface area contributed by atoms with Gasteiger partial charge in [-0.15, -0.1) is 21.5 Å². The van der Waals surface area contributed by atoms with Gasteiger partial charge in [-0.1, -0.05) is 35.1 Å². The van der Waals surface area contributed by atoms with Crippen LogP contribution < -0.4 is 5.32 Å². The zero-order chi connectivity index (χ0) is 17.6. The molecule has 2 aromatic heterocycles. The minimum Gasteiger partial charge on any atom is -0.296 e. The molecule has 4 rings (SSSR count). The monoisotopic (exact) mass is 370 g/mol. The molecule has 1 aromatic carbocycles. The van der Waals surface area contributed by atoms with Crippen molar-refractivity contribution in [3.05, 3.63) is 44.9 Å². The van der Waals surface area contributed by atoms with Crippen LogP contribution in [0.3, 0.4) is 0 Å². The number of anilines is 1. The number of aryl methyl sites for hydroxylation is 3. The summed E-state index contributed by atoms with van der Waals surface area (Å²) in [4.78, 5) is 17.8. The Bertz CT molecular complexity index is 956. The van der Waals surface area contributed by atoms with Crippen molar-refractivity contribution in [1.82, 2.24) is 15.2 Å². The quantitative estimate of drug-likeness (QED) is 0.722. The highest BCUT2D eigenvalue weighted by molar-refractivity contribution is 7.17. The van der Waals surface area contributed by atoms with E-state index in [9.17, 15) is 4.79 Å². The van der Waals surface area contributed by atoms with Crippen molar-refractivity contribution in [1.29, 1.82) is 0 Å². The van der Waals surface area contributed by atoms with E-state index in [2.05, 4.69) is 52.5 Å². The minimum absolute atomic E-state index is 0.162. The molecule has 1 aliphatic carbocycles. The fourth-order valence-corrected chi connectivity index (χ4v) is 4.67. The van der Waals surface area contributed by atoms with Crippen molar-refractivity contribution in [2.45, 2.75) is 39.5 Å². The highest BCUT2D eigenvalue weighted by Crippen LogP contribution is 2.42. The summed E-state index contributed by atoms with van der Waals surface area (Å²) in [5, 5.41) is 13.6. The minimum atomic E-state index is -0.162. The number of aromatic nitrogens is 3. The number of rotatable bonds is 4. The Balaban J connectivity index is 1.57. The SMILES string of the molecule is Cc1ccc(-c2nc(C)c(C(=O)Nc3nnc(C4CC4)s3)s2)c(C)c1. The molecule has 3 aromatic rings. The van der Waals surface area contributed by atoms with Gasteiger partial charge in [-0.25, -0.2) is 4.98 Å². The van der Waals surface area contributed by atoms with E-state index in [4.69, 9.17) is 0 Å². The van der Waals surface area contributed by atoms with Crippen LogP contribution in [0.25, 0.3) is 10.6 Å². The summed E-state index contributed by atoms with van der Waals surface area (Å²) < 4.78 is 0. The summed E-state index contributed by atoms with van der Waals surface area (Å²) in [5.41, 5.74) is 4.20. The van der Waals surface area contributed by atoms with E-state index in [1.807, 2.05) is 6.92 Å². The maximum Gasteiger partial charge on any atom is 0.269 e. The molecule has 2 heterocycles. The first-order valence-electron chi connectivity index (χ1n) is 8.21. The molecule has 1 fully saturated rings. The van der Waals surface area contributed by atoms with Crippen LogP contribution in [0.4, 0.5) is 5.13 Å². The predicted molar refractivity (Wildman–Crippen MR) is 102 cm³/mol. The third-order valence-electron chi connectivity index (χ3n) is 4.20. The number of nitrogens with one attached hydrogen (secondary N) is 1. The van der Waals surface area contributed by atoms with Gasteiger partial charge >= 0.3 is 0 Å². The molecular weight excluding hydrogens is 352 g/mol. The molecule has 128 valence electrons. The molecule has 0 unspecified atom stereocenters. The number of amides is 1. The lowest BCUT2D eigenvalue weighted by molar-refractivity contribution is 0.102. The Morgan fingerprint density at radius 2 is 1.96 bits per heavy atom. The first-order valence-corrected chi connectivity index (χ1v) is 9.84. The van der Waals surface area contributed by atoms with Crippen molar-refractivity contribution in [2.75, 3.05) is 5.32 Å². The smallest absolute Gasteiger partial charge is 0.269 e. The number of hydrogen-bond donors (Lipinski definition) is 1. The summed E-state index contributed by atoms with van der Waals surface area (Å²) in [6.07, 6.45) is 2.35. The van der Waals surface area contributed by atoms with E-state index in [0.717, 1.165) is 21.3 Å². The maximum atomic E-state index is 12.6. The third kappa shape index (κ3) is 3.34. The third-order valence-corrected chi connectivity index (χ3v) is 6.39. The average molecular weight is 371 g/mol. The summed E-state index contributed by atoms with van der Waals surface area (Å²) in [6.45, 7) is 6.01. The van der Waals surface area contributed by atoms with Gasteiger partial charge in [0.15, 0.2) is 0 Å². The maximum absolute atomic E-state index is 12.6. The summed E-state index contributed by atoms with van der Waals surface area (Å²) in [5.74, 6) is 0.383. The zero-order valence-electron chi connectivity index (χ0n) is 14.3. The lowest BCUT2D eigenvalue weighted by Crippen LogP contribution is -2.11. The topological polar surface area (TPSA) is 67.8 Å². The second-order valence-corrected chi connectivity index (χ2v) is 8.43. The van der Waals surface area contributed by atoms with E-state index < -0.39 is 0 Å². The second-order valence-electron chi connectivity index (χ2n) is 6.43. The first-order chi connectivity index (χ1) is 12.0. The Hall–Kier alpha value is -2.12. The lowest BCUT2D eigenvalue weighted by atomic mass is 10.1. The van der Waals surface area contributed by atoms with Gasteiger partial charge in [0.1, 0.15) is 14.9 Å². The van der Waals surface area contributed by atoms with Gasteiger partial charge in [0.2, 0.25) is 5.13 Å². The van der Waals surface area contributed by atoms with Crippen molar-refractivity contribution in [2.24, 2.45) is 0 Å². The molecule has 0 bridgehead atoms. The first kappa shape index (κ1) is 16.4. The molecule has 0 atom stereocenters. The zero-order valence-corrected chi connectivity index (χ0v) is 15.9. The van der Waals surface area contributed by atoms with Crippen LogP contribution >= 0.6 is 22.7 Å². The van der Waals surface area contributed by atoms with Gasteiger partial charge < -0.3 is 0 Å². The Kier molecular flexibility index (Phi) is 4.13. The van der Waals surface area contributed by atoms with Crippen molar-refractivity contribution >= 4 is 33.7 Å². The van der Waals surface area contributed by atoms with Crippen LogP contribution in [0.5, 0.6) is 0 Å². The molecule has 0 spiro atoms. The molecular formula is C18H18N4OS2.